The van der Waals surface area contributed by atoms with Crippen LogP contribution in [-0.4, -0.2) is 69.6 Å². The summed E-state index contributed by atoms with van der Waals surface area (Å²) in [4.78, 5) is 38.4. The van der Waals surface area contributed by atoms with Crippen LogP contribution in [0, 0.1) is 0 Å². The van der Waals surface area contributed by atoms with Crippen LogP contribution in [0.2, 0.25) is 0 Å². The second-order valence-corrected chi connectivity index (χ2v) is 13.6. The number of esters is 2. The fraction of sp³-hybridized carbons (Fsp3) is 0.923. The number of ether oxygens (including phenoxy) is 4. The highest BCUT2D eigenvalue weighted by Crippen LogP contribution is 2.16. The summed E-state index contributed by atoms with van der Waals surface area (Å²) in [6.45, 7) is 6.42. The van der Waals surface area contributed by atoms with Gasteiger partial charge < -0.3 is 23.8 Å². The highest BCUT2D eigenvalue weighted by atomic mass is 16.7. The fourth-order valence-corrected chi connectivity index (χ4v) is 5.59. The number of hydrogen-bond acceptors (Lipinski definition) is 8. The van der Waals surface area contributed by atoms with Crippen LogP contribution in [0.25, 0.3) is 0 Å². The molecule has 0 heterocycles. The van der Waals surface area contributed by atoms with Gasteiger partial charge in [-0.25, -0.2) is 4.79 Å². The van der Waals surface area contributed by atoms with Crippen LogP contribution in [0.4, 0.5) is 4.79 Å². The van der Waals surface area contributed by atoms with E-state index in [1.54, 1.807) is 0 Å². The van der Waals surface area contributed by atoms with Crippen LogP contribution in [0.3, 0.4) is 0 Å². The largest absolute Gasteiger partial charge is 0.508 e. The minimum atomic E-state index is -0.624. The molecule has 0 spiro atoms. The van der Waals surface area contributed by atoms with Crippen molar-refractivity contribution >= 4 is 18.1 Å². The third-order valence-corrected chi connectivity index (χ3v) is 8.59. The number of nitrogens with zero attached hydrogens (tertiary/aromatic N) is 1. The Morgan fingerprint density at radius 3 is 1.40 bits per heavy atom. The molecule has 0 bridgehead atoms. The zero-order valence-electron chi connectivity index (χ0n) is 31.3. The van der Waals surface area contributed by atoms with E-state index in [4.69, 9.17) is 18.9 Å². The Balaban J connectivity index is 4.01. The van der Waals surface area contributed by atoms with Crippen molar-refractivity contribution in [1.29, 1.82) is 0 Å². The van der Waals surface area contributed by atoms with E-state index in [-0.39, 0.29) is 24.6 Å². The van der Waals surface area contributed by atoms with E-state index in [1.165, 1.54) is 70.6 Å². The van der Waals surface area contributed by atoms with Crippen molar-refractivity contribution < 1.29 is 33.3 Å². The highest BCUT2D eigenvalue weighted by Gasteiger charge is 2.17. The summed E-state index contributed by atoms with van der Waals surface area (Å²) < 4.78 is 21.7. The normalized spacial score (nSPS) is 11.9. The van der Waals surface area contributed by atoms with Gasteiger partial charge in [0.1, 0.15) is 6.10 Å². The van der Waals surface area contributed by atoms with Crippen LogP contribution in [0.1, 0.15) is 187 Å². The maximum atomic E-state index is 12.3. The van der Waals surface area contributed by atoms with E-state index in [2.05, 4.69) is 18.7 Å². The number of carbonyl (C=O) groups excluding carboxylic acids is 3. The molecule has 0 rings (SSSR count). The molecule has 0 aliphatic rings. The quantitative estimate of drug-likeness (QED) is 0.0374. The molecule has 8 heteroatoms. The second-order valence-electron chi connectivity index (χ2n) is 13.6. The lowest BCUT2D eigenvalue weighted by molar-refractivity contribution is -0.145. The van der Waals surface area contributed by atoms with Crippen molar-refractivity contribution in [3.63, 3.8) is 0 Å². The summed E-state index contributed by atoms with van der Waals surface area (Å²) in [7, 11) is 3.98. The number of hydrogen-bond donors (Lipinski definition) is 0. The molecular formula is C39H75NO7. The zero-order chi connectivity index (χ0) is 34.6. The molecule has 1 atom stereocenters. The predicted octanol–water partition coefficient (Wildman–Crippen LogP) is 10.7. The lowest BCUT2D eigenvalue weighted by Gasteiger charge is -2.18. The molecule has 0 fully saturated rings. The van der Waals surface area contributed by atoms with Crippen LogP contribution >= 0.6 is 0 Å². The van der Waals surface area contributed by atoms with Gasteiger partial charge in [-0.15, -0.1) is 0 Å². The zero-order valence-corrected chi connectivity index (χ0v) is 31.3. The topological polar surface area (TPSA) is 91.4 Å². The number of carbonyl (C=O) groups is 3. The molecule has 0 aromatic rings. The van der Waals surface area contributed by atoms with Gasteiger partial charge in [0.2, 0.25) is 0 Å². The molecule has 0 aliphatic carbocycles. The molecule has 0 radical (unpaired) electrons. The van der Waals surface area contributed by atoms with Gasteiger partial charge in [-0.3, -0.25) is 9.59 Å². The first-order chi connectivity index (χ1) is 22.9. The highest BCUT2D eigenvalue weighted by molar-refractivity contribution is 5.69. The van der Waals surface area contributed by atoms with Crippen molar-refractivity contribution in [3.8, 4) is 0 Å². The van der Waals surface area contributed by atoms with Crippen LogP contribution in [0.15, 0.2) is 0 Å². The van der Waals surface area contributed by atoms with Gasteiger partial charge in [0, 0.05) is 25.8 Å². The van der Waals surface area contributed by atoms with Crippen molar-refractivity contribution in [2.24, 2.45) is 0 Å². The van der Waals surface area contributed by atoms with Gasteiger partial charge in [-0.1, -0.05) is 129 Å². The standard InChI is InChI=1S/C39H75NO7/c1-5-7-9-11-12-13-14-16-20-23-28-36(47-39(43)46-34-27-32-40(3)4)31-35-45-38(42)30-25-21-17-15-18-22-26-33-44-37(41)29-24-19-10-8-6-2/h36H,5-35H2,1-4H3. The van der Waals surface area contributed by atoms with Crippen molar-refractivity contribution in [1.82, 2.24) is 4.90 Å². The summed E-state index contributed by atoms with van der Waals surface area (Å²) in [6, 6.07) is 0. The molecule has 47 heavy (non-hydrogen) atoms. The smallest absolute Gasteiger partial charge is 0.466 e. The van der Waals surface area contributed by atoms with Crippen LogP contribution in [-0.2, 0) is 28.5 Å². The van der Waals surface area contributed by atoms with E-state index in [1.807, 2.05) is 14.1 Å². The van der Waals surface area contributed by atoms with Crippen LogP contribution < -0.4 is 0 Å². The first-order valence-electron chi connectivity index (χ1n) is 19.7. The summed E-state index contributed by atoms with van der Waals surface area (Å²) in [5.74, 6) is -0.236. The summed E-state index contributed by atoms with van der Waals surface area (Å²) in [5, 5.41) is 0. The lowest BCUT2D eigenvalue weighted by Crippen LogP contribution is -2.23. The summed E-state index contributed by atoms with van der Waals surface area (Å²) >= 11 is 0. The molecule has 0 aromatic heterocycles. The lowest BCUT2D eigenvalue weighted by atomic mass is 10.0. The maximum Gasteiger partial charge on any atom is 0.508 e. The molecule has 0 saturated carbocycles. The molecule has 0 aromatic carbocycles. The molecule has 8 nitrogen and oxygen atoms in total. The first-order valence-corrected chi connectivity index (χ1v) is 19.7. The van der Waals surface area contributed by atoms with Gasteiger partial charge in [0.05, 0.1) is 19.8 Å². The van der Waals surface area contributed by atoms with Gasteiger partial charge in [0.15, 0.2) is 0 Å². The Kier molecular flexibility index (Phi) is 34.1. The van der Waals surface area contributed by atoms with Crippen LogP contribution in [0.5, 0.6) is 0 Å². The van der Waals surface area contributed by atoms with E-state index in [0.29, 0.717) is 32.5 Å². The Morgan fingerprint density at radius 1 is 0.468 bits per heavy atom. The minimum absolute atomic E-state index is 0.0563. The average Bonchev–Trinajstić information content (AvgIpc) is 3.04. The molecule has 0 saturated heterocycles. The van der Waals surface area contributed by atoms with Crippen molar-refractivity contribution in [2.45, 2.75) is 193 Å². The third kappa shape index (κ3) is 35.3. The maximum absolute atomic E-state index is 12.3. The van der Waals surface area contributed by atoms with Gasteiger partial charge >= 0.3 is 18.1 Å². The molecule has 0 aliphatic heterocycles. The van der Waals surface area contributed by atoms with Gasteiger partial charge in [-0.05, 0) is 52.6 Å². The minimum Gasteiger partial charge on any atom is -0.466 e. The predicted molar refractivity (Wildman–Crippen MR) is 193 cm³/mol. The van der Waals surface area contributed by atoms with Gasteiger partial charge in [-0.2, -0.15) is 0 Å². The van der Waals surface area contributed by atoms with Crippen molar-refractivity contribution in [3.05, 3.63) is 0 Å². The Bertz CT molecular complexity index is 715. The van der Waals surface area contributed by atoms with E-state index in [9.17, 15) is 14.4 Å². The molecular weight excluding hydrogens is 594 g/mol. The molecule has 0 N–H and O–H groups in total. The third-order valence-electron chi connectivity index (χ3n) is 8.59. The van der Waals surface area contributed by atoms with E-state index < -0.39 is 6.16 Å². The number of unbranched alkanes of at least 4 members (excludes halogenated alkanes) is 19. The van der Waals surface area contributed by atoms with Gasteiger partial charge in [0.25, 0.3) is 0 Å². The van der Waals surface area contributed by atoms with E-state index >= 15 is 0 Å². The summed E-state index contributed by atoms with van der Waals surface area (Å²) in [5.41, 5.74) is 0. The fourth-order valence-electron chi connectivity index (χ4n) is 5.59. The average molecular weight is 670 g/mol. The Morgan fingerprint density at radius 2 is 0.894 bits per heavy atom. The Labute approximate surface area is 289 Å². The first kappa shape index (κ1) is 45.2. The Hall–Kier alpha value is -1.83. The molecule has 278 valence electrons. The van der Waals surface area contributed by atoms with E-state index in [0.717, 1.165) is 90.0 Å². The summed E-state index contributed by atoms with van der Waals surface area (Å²) in [6.07, 6.45) is 27.5. The van der Waals surface area contributed by atoms with Crippen molar-refractivity contribution in [2.75, 3.05) is 40.5 Å². The number of rotatable bonds is 35. The molecule has 0 amide bonds. The monoisotopic (exact) mass is 670 g/mol. The molecule has 1 unspecified atom stereocenters. The SMILES string of the molecule is CCCCCCCCCCCCC(CCOC(=O)CCCCCCCCCOC(=O)CCCCCCC)OC(=O)OCCCN(C)C. The second kappa shape index (κ2) is 35.5.